The SMILES string of the molecule is C=CCOC1C(O)C(O)C(OCc2ccccc2)C(OCc2ccccc2)C1OCc1ccccc1. The van der Waals surface area contributed by atoms with Gasteiger partial charge in [-0.3, -0.25) is 0 Å². The first-order valence-electron chi connectivity index (χ1n) is 12.2. The summed E-state index contributed by atoms with van der Waals surface area (Å²) in [5, 5.41) is 22.2. The second kappa shape index (κ2) is 13.5. The molecule has 1 saturated carbocycles. The Morgan fingerprint density at radius 1 is 0.528 bits per heavy atom. The maximum absolute atomic E-state index is 11.1. The van der Waals surface area contributed by atoms with Crippen molar-refractivity contribution in [2.24, 2.45) is 0 Å². The Balaban J connectivity index is 1.60. The number of benzene rings is 3. The molecular weight excluding hydrogens is 456 g/mol. The zero-order chi connectivity index (χ0) is 25.2. The Hall–Kier alpha value is -2.84. The van der Waals surface area contributed by atoms with Gasteiger partial charge in [0.1, 0.15) is 36.6 Å². The van der Waals surface area contributed by atoms with Crippen LogP contribution in [0.1, 0.15) is 16.7 Å². The molecule has 1 aliphatic carbocycles. The van der Waals surface area contributed by atoms with Gasteiger partial charge in [0, 0.05) is 0 Å². The quantitative estimate of drug-likeness (QED) is 0.373. The Labute approximate surface area is 212 Å². The molecule has 1 aliphatic rings. The molecule has 0 heterocycles. The number of hydrogen-bond acceptors (Lipinski definition) is 6. The van der Waals surface area contributed by atoms with Gasteiger partial charge in [0.15, 0.2) is 0 Å². The molecular formula is C30H34O6. The van der Waals surface area contributed by atoms with Crippen molar-refractivity contribution in [2.75, 3.05) is 6.61 Å². The Morgan fingerprint density at radius 2 is 0.861 bits per heavy atom. The van der Waals surface area contributed by atoms with E-state index in [1.165, 1.54) is 0 Å². The second-order valence-corrected chi connectivity index (χ2v) is 8.85. The van der Waals surface area contributed by atoms with Gasteiger partial charge in [-0.15, -0.1) is 6.58 Å². The number of hydrogen-bond donors (Lipinski definition) is 2. The number of aliphatic hydroxyl groups excluding tert-OH is 2. The lowest BCUT2D eigenvalue weighted by molar-refractivity contribution is -0.270. The molecule has 6 nitrogen and oxygen atoms in total. The smallest absolute Gasteiger partial charge is 0.116 e. The maximum Gasteiger partial charge on any atom is 0.116 e. The Kier molecular flexibility index (Phi) is 9.81. The second-order valence-electron chi connectivity index (χ2n) is 8.85. The molecule has 0 aromatic heterocycles. The van der Waals surface area contributed by atoms with Crippen molar-refractivity contribution in [3.05, 3.63) is 120 Å². The summed E-state index contributed by atoms with van der Waals surface area (Å²) in [5.74, 6) is 0. The van der Waals surface area contributed by atoms with E-state index in [1.54, 1.807) is 6.08 Å². The molecule has 2 N–H and O–H groups in total. The number of aliphatic hydroxyl groups is 2. The van der Waals surface area contributed by atoms with Crippen LogP contribution >= 0.6 is 0 Å². The van der Waals surface area contributed by atoms with Crippen LogP contribution < -0.4 is 0 Å². The van der Waals surface area contributed by atoms with E-state index in [0.717, 1.165) is 16.7 Å². The van der Waals surface area contributed by atoms with E-state index in [9.17, 15) is 10.2 Å². The van der Waals surface area contributed by atoms with Gasteiger partial charge in [-0.05, 0) is 16.7 Å². The van der Waals surface area contributed by atoms with Gasteiger partial charge in [-0.1, -0.05) is 97.1 Å². The highest BCUT2D eigenvalue weighted by Gasteiger charge is 2.52. The van der Waals surface area contributed by atoms with E-state index < -0.39 is 36.6 Å². The van der Waals surface area contributed by atoms with Gasteiger partial charge in [0.25, 0.3) is 0 Å². The summed E-state index contributed by atoms with van der Waals surface area (Å²) >= 11 is 0. The molecule has 0 bridgehead atoms. The van der Waals surface area contributed by atoms with Crippen LogP contribution in [0.4, 0.5) is 0 Å². The summed E-state index contributed by atoms with van der Waals surface area (Å²) in [6, 6.07) is 29.2. The van der Waals surface area contributed by atoms with E-state index in [4.69, 9.17) is 18.9 Å². The molecule has 6 unspecified atom stereocenters. The van der Waals surface area contributed by atoms with E-state index in [2.05, 4.69) is 6.58 Å². The van der Waals surface area contributed by atoms with Crippen molar-refractivity contribution in [1.82, 2.24) is 0 Å². The highest BCUT2D eigenvalue weighted by atomic mass is 16.6. The molecule has 0 saturated heterocycles. The van der Waals surface area contributed by atoms with Crippen LogP contribution in [0.2, 0.25) is 0 Å². The zero-order valence-corrected chi connectivity index (χ0v) is 20.3. The molecule has 6 heteroatoms. The Morgan fingerprint density at radius 3 is 1.22 bits per heavy atom. The summed E-state index contributed by atoms with van der Waals surface area (Å²) in [6.45, 7) is 4.75. The zero-order valence-electron chi connectivity index (χ0n) is 20.3. The average Bonchev–Trinajstić information content (AvgIpc) is 2.93. The van der Waals surface area contributed by atoms with Crippen molar-refractivity contribution in [2.45, 2.75) is 56.4 Å². The van der Waals surface area contributed by atoms with Gasteiger partial charge in [0.2, 0.25) is 0 Å². The molecule has 0 spiro atoms. The van der Waals surface area contributed by atoms with Crippen molar-refractivity contribution in [3.63, 3.8) is 0 Å². The van der Waals surface area contributed by atoms with Crippen molar-refractivity contribution >= 4 is 0 Å². The summed E-state index contributed by atoms with van der Waals surface area (Å²) in [4.78, 5) is 0. The molecule has 0 aliphatic heterocycles. The predicted molar refractivity (Wildman–Crippen MR) is 137 cm³/mol. The fourth-order valence-electron chi connectivity index (χ4n) is 4.40. The van der Waals surface area contributed by atoms with E-state index in [-0.39, 0.29) is 13.2 Å². The minimum Gasteiger partial charge on any atom is -0.387 e. The monoisotopic (exact) mass is 490 g/mol. The standard InChI is InChI=1S/C30H34O6/c1-2-18-33-27-25(31)26(32)28(34-19-22-12-6-3-7-13-22)30(36-21-24-16-10-5-11-17-24)29(27)35-20-23-14-8-4-9-15-23/h2-17,25-32H,1,18-21H2. The van der Waals surface area contributed by atoms with Crippen LogP contribution in [0.25, 0.3) is 0 Å². The van der Waals surface area contributed by atoms with E-state index >= 15 is 0 Å². The molecule has 3 aromatic rings. The number of ether oxygens (including phenoxy) is 4. The minimum atomic E-state index is -1.24. The van der Waals surface area contributed by atoms with Crippen molar-refractivity contribution < 1.29 is 29.2 Å². The average molecular weight is 491 g/mol. The normalized spacial score (nSPS) is 25.9. The summed E-state index contributed by atoms with van der Waals surface area (Å²) in [5.41, 5.74) is 2.90. The Bertz CT molecular complexity index is 1030. The van der Waals surface area contributed by atoms with E-state index in [1.807, 2.05) is 91.0 Å². The fraction of sp³-hybridized carbons (Fsp3) is 0.333. The third-order valence-electron chi connectivity index (χ3n) is 6.26. The number of rotatable bonds is 12. The first kappa shape index (κ1) is 26.2. The van der Waals surface area contributed by atoms with Crippen molar-refractivity contribution in [1.29, 1.82) is 0 Å². The topological polar surface area (TPSA) is 77.4 Å². The molecule has 3 aromatic carbocycles. The molecule has 0 amide bonds. The van der Waals surface area contributed by atoms with Crippen LogP contribution in [-0.2, 0) is 38.8 Å². The van der Waals surface area contributed by atoms with Crippen LogP contribution in [0, 0.1) is 0 Å². The van der Waals surface area contributed by atoms with Gasteiger partial charge in [-0.25, -0.2) is 0 Å². The third kappa shape index (κ3) is 6.89. The fourth-order valence-corrected chi connectivity index (χ4v) is 4.40. The van der Waals surface area contributed by atoms with Gasteiger partial charge in [0.05, 0.1) is 26.4 Å². The van der Waals surface area contributed by atoms with Gasteiger partial charge < -0.3 is 29.2 Å². The maximum atomic E-state index is 11.1. The predicted octanol–water partition coefficient (Wildman–Crippen LogP) is 4.05. The van der Waals surface area contributed by atoms with Crippen LogP contribution in [-0.4, -0.2) is 53.4 Å². The molecule has 1 fully saturated rings. The first-order chi connectivity index (χ1) is 17.7. The highest BCUT2D eigenvalue weighted by molar-refractivity contribution is 5.16. The summed E-state index contributed by atoms with van der Waals surface area (Å²) < 4.78 is 24.8. The van der Waals surface area contributed by atoms with Crippen LogP contribution in [0.3, 0.4) is 0 Å². The lowest BCUT2D eigenvalue weighted by atomic mass is 9.84. The van der Waals surface area contributed by atoms with Gasteiger partial charge >= 0.3 is 0 Å². The third-order valence-corrected chi connectivity index (χ3v) is 6.26. The molecule has 6 atom stereocenters. The molecule has 36 heavy (non-hydrogen) atoms. The first-order valence-corrected chi connectivity index (χ1v) is 12.2. The van der Waals surface area contributed by atoms with E-state index in [0.29, 0.717) is 13.2 Å². The minimum absolute atomic E-state index is 0.195. The van der Waals surface area contributed by atoms with Crippen LogP contribution in [0.15, 0.2) is 104 Å². The molecule has 4 rings (SSSR count). The molecule has 190 valence electrons. The highest BCUT2D eigenvalue weighted by Crippen LogP contribution is 2.32. The summed E-state index contributed by atoms with van der Waals surface area (Å²) in [7, 11) is 0. The largest absolute Gasteiger partial charge is 0.387 e. The molecule has 0 radical (unpaired) electrons. The van der Waals surface area contributed by atoms with Gasteiger partial charge in [-0.2, -0.15) is 0 Å². The lowest BCUT2D eigenvalue weighted by Gasteiger charge is -2.47. The van der Waals surface area contributed by atoms with Crippen LogP contribution in [0.5, 0.6) is 0 Å². The summed E-state index contributed by atoms with van der Waals surface area (Å²) in [6.07, 6.45) is -3.94. The lowest BCUT2D eigenvalue weighted by Crippen LogP contribution is -2.66. The van der Waals surface area contributed by atoms with Crippen molar-refractivity contribution in [3.8, 4) is 0 Å².